The molecule has 19 heavy (non-hydrogen) atoms. The van der Waals surface area contributed by atoms with Crippen molar-refractivity contribution in [3.05, 3.63) is 0 Å². The summed E-state index contributed by atoms with van der Waals surface area (Å²) in [5.74, 6) is 0.780. The molecule has 110 valence electrons. The van der Waals surface area contributed by atoms with Crippen molar-refractivity contribution in [1.82, 2.24) is 10.2 Å². The Hall–Kier alpha value is -0.650. The van der Waals surface area contributed by atoms with E-state index < -0.39 is 0 Å². The molecule has 0 bridgehead atoms. The van der Waals surface area contributed by atoms with Crippen molar-refractivity contribution in [1.29, 1.82) is 0 Å². The van der Waals surface area contributed by atoms with E-state index in [1.54, 1.807) is 0 Å². The van der Waals surface area contributed by atoms with Crippen molar-refractivity contribution in [2.75, 3.05) is 32.8 Å². The van der Waals surface area contributed by atoms with Crippen LogP contribution in [0.5, 0.6) is 0 Å². The highest BCUT2D eigenvalue weighted by Crippen LogP contribution is 2.23. The Kier molecular flexibility index (Phi) is 5.60. The minimum Gasteiger partial charge on any atom is -0.393 e. The van der Waals surface area contributed by atoms with Crippen LogP contribution in [0.4, 0.5) is 0 Å². The Balaban J connectivity index is 1.68. The van der Waals surface area contributed by atoms with E-state index in [9.17, 15) is 9.90 Å². The number of carbonyl (C=O) groups excluding carboxylic acids is 1. The van der Waals surface area contributed by atoms with Crippen molar-refractivity contribution >= 4 is 5.91 Å². The van der Waals surface area contributed by atoms with Crippen LogP contribution in [0.25, 0.3) is 0 Å². The lowest BCUT2D eigenvalue weighted by atomic mass is 9.87. The summed E-state index contributed by atoms with van der Waals surface area (Å²) in [6, 6.07) is -0.120. The van der Waals surface area contributed by atoms with Crippen LogP contribution >= 0.6 is 0 Å². The van der Waals surface area contributed by atoms with Crippen molar-refractivity contribution in [2.45, 2.75) is 44.8 Å². The summed E-state index contributed by atoms with van der Waals surface area (Å²) in [5.41, 5.74) is 0. The smallest absolute Gasteiger partial charge is 0.239 e. The molecule has 0 aromatic carbocycles. The second kappa shape index (κ2) is 7.22. The van der Waals surface area contributed by atoms with Gasteiger partial charge in [0.2, 0.25) is 5.91 Å². The van der Waals surface area contributed by atoms with Gasteiger partial charge in [-0.15, -0.1) is 0 Å². The Morgan fingerprint density at radius 2 is 1.95 bits per heavy atom. The molecule has 2 aliphatic rings. The molecule has 1 aliphatic heterocycles. The van der Waals surface area contributed by atoms with Gasteiger partial charge in [0, 0.05) is 13.1 Å². The summed E-state index contributed by atoms with van der Waals surface area (Å²) in [6.07, 6.45) is 3.82. The number of aliphatic hydroxyl groups excluding tert-OH is 1. The number of aliphatic hydroxyl groups is 1. The Morgan fingerprint density at radius 1 is 1.32 bits per heavy atom. The topological polar surface area (TPSA) is 61.8 Å². The molecule has 0 aromatic heterocycles. The van der Waals surface area contributed by atoms with Gasteiger partial charge in [0.25, 0.3) is 0 Å². The minimum absolute atomic E-state index is 0.108. The van der Waals surface area contributed by atoms with Crippen molar-refractivity contribution in [2.24, 2.45) is 5.92 Å². The van der Waals surface area contributed by atoms with E-state index in [-0.39, 0.29) is 18.1 Å². The maximum absolute atomic E-state index is 12.2. The van der Waals surface area contributed by atoms with Crippen LogP contribution in [0.2, 0.25) is 0 Å². The quantitative estimate of drug-likeness (QED) is 0.775. The van der Waals surface area contributed by atoms with E-state index in [1.165, 1.54) is 0 Å². The SMILES string of the molecule is CC(NCC1CCC(O)CC1)C(=O)N1CCOCC1. The van der Waals surface area contributed by atoms with E-state index in [0.29, 0.717) is 32.2 Å². The first-order chi connectivity index (χ1) is 9.16. The predicted molar refractivity (Wildman–Crippen MR) is 72.8 cm³/mol. The fraction of sp³-hybridized carbons (Fsp3) is 0.929. The molecular formula is C14H26N2O3. The Bertz CT molecular complexity index is 284. The van der Waals surface area contributed by atoms with Gasteiger partial charge in [-0.3, -0.25) is 4.79 Å². The van der Waals surface area contributed by atoms with Gasteiger partial charge < -0.3 is 20.1 Å². The highest BCUT2D eigenvalue weighted by atomic mass is 16.5. The number of amides is 1. The number of hydrogen-bond acceptors (Lipinski definition) is 4. The number of carbonyl (C=O) groups is 1. The maximum atomic E-state index is 12.2. The molecule has 0 radical (unpaired) electrons. The van der Waals surface area contributed by atoms with Crippen molar-refractivity contribution in [3.8, 4) is 0 Å². The maximum Gasteiger partial charge on any atom is 0.239 e. The van der Waals surface area contributed by atoms with Crippen LogP contribution < -0.4 is 5.32 Å². The molecule has 0 aromatic rings. The molecule has 1 amide bonds. The van der Waals surface area contributed by atoms with Crippen LogP contribution in [0.15, 0.2) is 0 Å². The first kappa shape index (κ1) is 14.8. The molecule has 1 saturated carbocycles. The number of morpholine rings is 1. The molecule has 2 N–H and O–H groups in total. The van der Waals surface area contributed by atoms with Gasteiger partial charge in [-0.05, 0) is 45.1 Å². The van der Waals surface area contributed by atoms with E-state index in [2.05, 4.69) is 5.32 Å². The highest BCUT2D eigenvalue weighted by Gasteiger charge is 2.24. The largest absolute Gasteiger partial charge is 0.393 e. The fourth-order valence-electron chi connectivity index (χ4n) is 2.84. The lowest BCUT2D eigenvalue weighted by Gasteiger charge is -2.31. The highest BCUT2D eigenvalue weighted by molar-refractivity contribution is 5.81. The zero-order valence-electron chi connectivity index (χ0n) is 11.8. The van der Waals surface area contributed by atoms with Gasteiger partial charge in [0.15, 0.2) is 0 Å². The molecule has 1 aliphatic carbocycles. The number of nitrogens with one attached hydrogen (secondary N) is 1. The van der Waals surface area contributed by atoms with Crippen LogP contribution in [0.1, 0.15) is 32.6 Å². The molecule has 5 nitrogen and oxygen atoms in total. The monoisotopic (exact) mass is 270 g/mol. The van der Waals surface area contributed by atoms with E-state index in [1.807, 2.05) is 11.8 Å². The van der Waals surface area contributed by atoms with E-state index >= 15 is 0 Å². The molecular weight excluding hydrogens is 244 g/mol. The third-order valence-corrected chi connectivity index (χ3v) is 4.22. The summed E-state index contributed by atoms with van der Waals surface area (Å²) in [4.78, 5) is 14.1. The third kappa shape index (κ3) is 4.44. The van der Waals surface area contributed by atoms with Crippen LogP contribution in [-0.4, -0.2) is 60.9 Å². The van der Waals surface area contributed by atoms with Gasteiger partial charge in [-0.2, -0.15) is 0 Å². The lowest BCUT2D eigenvalue weighted by Crippen LogP contribution is -2.50. The molecule has 2 rings (SSSR count). The van der Waals surface area contributed by atoms with Crippen LogP contribution in [-0.2, 0) is 9.53 Å². The summed E-state index contributed by atoms with van der Waals surface area (Å²) in [5, 5.41) is 12.8. The van der Waals surface area contributed by atoms with Crippen LogP contribution in [0, 0.1) is 5.92 Å². The van der Waals surface area contributed by atoms with Gasteiger partial charge in [0.05, 0.1) is 25.4 Å². The predicted octanol–water partition coefficient (Wildman–Crippen LogP) is 0.374. The number of ether oxygens (including phenoxy) is 1. The van der Waals surface area contributed by atoms with Gasteiger partial charge in [0.1, 0.15) is 0 Å². The minimum atomic E-state index is -0.120. The third-order valence-electron chi connectivity index (χ3n) is 4.22. The molecule has 1 heterocycles. The van der Waals surface area contributed by atoms with E-state index in [0.717, 1.165) is 32.2 Å². The summed E-state index contributed by atoms with van der Waals surface area (Å²) >= 11 is 0. The number of rotatable bonds is 4. The Morgan fingerprint density at radius 3 is 2.58 bits per heavy atom. The molecule has 1 atom stereocenters. The van der Waals surface area contributed by atoms with E-state index in [4.69, 9.17) is 4.74 Å². The second-order valence-corrected chi connectivity index (χ2v) is 5.74. The molecule has 0 spiro atoms. The molecule has 1 unspecified atom stereocenters. The zero-order chi connectivity index (χ0) is 13.7. The van der Waals surface area contributed by atoms with Crippen LogP contribution in [0.3, 0.4) is 0 Å². The normalized spacial score (nSPS) is 30.1. The summed E-state index contributed by atoms with van der Waals surface area (Å²) in [6.45, 7) is 5.54. The molecule has 1 saturated heterocycles. The average Bonchev–Trinajstić information content (AvgIpc) is 2.46. The standard InChI is InChI=1S/C14H26N2O3/c1-11(14(18)16-6-8-19-9-7-16)15-10-12-2-4-13(17)5-3-12/h11-13,15,17H,2-10H2,1H3. The summed E-state index contributed by atoms with van der Waals surface area (Å²) < 4.78 is 5.26. The summed E-state index contributed by atoms with van der Waals surface area (Å²) in [7, 11) is 0. The van der Waals surface area contributed by atoms with Crippen molar-refractivity contribution < 1.29 is 14.6 Å². The first-order valence-corrected chi connectivity index (χ1v) is 7.45. The Labute approximate surface area is 115 Å². The van der Waals surface area contributed by atoms with Gasteiger partial charge >= 0.3 is 0 Å². The second-order valence-electron chi connectivity index (χ2n) is 5.74. The molecule has 5 heteroatoms. The zero-order valence-corrected chi connectivity index (χ0v) is 11.8. The fourth-order valence-corrected chi connectivity index (χ4v) is 2.84. The van der Waals surface area contributed by atoms with Gasteiger partial charge in [-0.1, -0.05) is 0 Å². The lowest BCUT2D eigenvalue weighted by molar-refractivity contribution is -0.137. The first-order valence-electron chi connectivity index (χ1n) is 7.45. The molecule has 2 fully saturated rings. The number of nitrogens with zero attached hydrogens (tertiary/aromatic N) is 1. The van der Waals surface area contributed by atoms with Crippen molar-refractivity contribution in [3.63, 3.8) is 0 Å². The number of hydrogen-bond donors (Lipinski definition) is 2. The average molecular weight is 270 g/mol. The van der Waals surface area contributed by atoms with Gasteiger partial charge in [-0.25, -0.2) is 0 Å².